The van der Waals surface area contributed by atoms with Gasteiger partial charge in [-0.3, -0.25) is 9.98 Å². The van der Waals surface area contributed by atoms with Crippen molar-refractivity contribution in [3.63, 3.8) is 0 Å². The van der Waals surface area contributed by atoms with Crippen LogP contribution in [0, 0.1) is 0 Å². The first-order valence-corrected chi connectivity index (χ1v) is 8.68. The fraction of sp³-hybridized carbons (Fsp3) is 0.238. The molecule has 1 heterocycles. The highest BCUT2D eigenvalue weighted by molar-refractivity contribution is 14.0. The Kier molecular flexibility index (Phi) is 8.34. The summed E-state index contributed by atoms with van der Waals surface area (Å²) in [5.41, 5.74) is 3.61. The number of benzene rings is 2. The summed E-state index contributed by atoms with van der Waals surface area (Å²) in [6.07, 6.45) is 4.00. The molecule has 0 spiro atoms. The van der Waals surface area contributed by atoms with E-state index in [1.807, 2.05) is 24.4 Å². The molecule has 3 rings (SSSR count). The van der Waals surface area contributed by atoms with Gasteiger partial charge < -0.3 is 10.6 Å². The van der Waals surface area contributed by atoms with E-state index in [1.54, 1.807) is 7.05 Å². The monoisotopic (exact) mass is 460 g/mol. The van der Waals surface area contributed by atoms with E-state index in [1.165, 1.54) is 16.5 Å². The number of hydrogen-bond donors (Lipinski definition) is 2. The minimum Gasteiger partial charge on any atom is -0.356 e. The van der Waals surface area contributed by atoms with E-state index < -0.39 is 0 Å². The number of fused-ring (bicyclic) bond motifs is 1. The molecule has 0 saturated heterocycles. The van der Waals surface area contributed by atoms with Gasteiger partial charge in [0.2, 0.25) is 0 Å². The molecular weight excluding hydrogens is 435 g/mol. The lowest BCUT2D eigenvalue weighted by molar-refractivity contribution is 0.743. The first kappa shape index (κ1) is 20.2. The Labute approximate surface area is 172 Å². The van der Waals surface area contributed by atoms with Crippen molar-refractivity contribution in [2.24, 2.45) is 4.99 Å². The van der Waals surface area contributed by atoms with Crippen LogP contribution < -0.4 is 10.6 Å². The average Bonchev–Trinajstić information content (AvgIpc) is 2.68. The van der Waals surface area contributed by atoms with E-state index in [9.17, 15) is 0 Å². The summed E-state index contributed by atoms with van der Waals surface area (Å²) in [4.78, 5) is 8.71. The van der Waals surface area contributed by atoms with Gasteiger partial charge in [-0.25, -0.2) is 0 Å². The van der Waals surface area contributed by atoms with E-state index in [0.717, 1.165) is 37.4 Å². The van der Waals surface area contributed by atoms with Gasteiger partial charge in [-0.15, -0.1) is 24.0 Å². The van der Waals surface area contributed by atoms with Crippen molar-refractivity contribution in [2.45, 2.75) is 19.4 Å². The Morgan fingerprint density at radius 2 is 1.73 bits per heavy atom. The molecule has 2 aromatic carbocycles. The van der Waals surface area contributed by atoms with Crippen LogP contribution in [0.5, 0.6) is 0 Å². The number of halogens is 1. The number of pyridine rings is 1. The fourth-order valence-corrected chi connectivity index (χ4v) is 2.85. The van der Waals surface area contributed by atoms with Crippen molar-refractivity contribution in [1.29, 1.82) is 0 Å². The maximum absolute atomic E-state index is 4.40. The normalized spacial score (nSPS) is 11.0. The molecule has 0 aliphatic rings. The minimum atomic E-state index is 0. The van der Waals surface area contributed by atoms with Gasteiger partial charge in [0.15, 0.2) is 5.96 Å². The minimum absolute atomic E-state index is 0. The van der Waals surface area contributed by atoms with Gasteiger partial charge in [-0.05, 0) is 36.1 Å². The standard InChI is InChI=1S/C21H24N4.HI/c1-22-21(24-14-7-10-17-8-3-2-4-9-17)25-16-18-13-15-23-20-12-6-5-11-19(18)20;/h2-6,8-9,11-13,15H,7,10,14,16H2,1H3,(H2,22,24,25);1H. The SMILES string of the molecule is CN=C(NCCCc1ccccc1)NCc1ccnc2ccccc12.I. The van der Waals surface area contributed by atoms with Crippen LogP contribution in [0.4, 0.5) is 0 Å². The summed E-state index contributed by atoms with van der Waals surface area (Å²) in [7, 11) is 1.80. The molecule has 5 heteroatoms. The molecule has 0 aliphatic heterocycles. The summed E-state index contributed by atoms with van der Waals surface area (Å²) in [5, 5.41) is 7.95. The largest absolute Gasteiger partial charge is 0.356 e. The van der Waals surface area contributed by atoms with Gasteiger partial charge >= 0.3 is 0 Å². The fourth-order valence-electron chi connectivity index (χ4n) is 2.85. The lowest BCUT2D eigenvalue weighted by atomic mass is 10.1. The lowest BCUT2D eigenvalue weighted by Gasteiger charge is -2.13. The molecular formula is C21H25IN4. The first-order valence-electron chi connectivity index (χ1n) is 8.68. The second-order valence-electron chi connectivity index (χ2n) is 5.93. The van der Waals surface area contributed by atoms with Gasteiger partial charge in [-0.1, -0.05) is 48.5 Å². The molecule has 4 nitrogen and oxygen atoms in total. The first-order chi connectivity index (χ1) is 12.4. The molecule has 0 radical (unpaired) electrons. The van der Waals surface area contributed by atoms with E-state index in [0.29, 0.717) is 0 Å². The van der Waals surface area contributed by atoms with Crippen molar-refractivity contribution < 1.29 is 0 Å². The van der Waals surface area contributed by atoms with E-state index in [-0.39, 0.29) is 24.0 Å². The third-order valence-electron chi connectivity index (χ3n) is 4.19. The Balaban J connectivity index is 0.00000243. The topological polar surface area (TPSA) is 49.3 Å². The average molecular weight is 460 g/mol. The number of guanidine groups is 1. The smallest absolute Gasteiger partial charge is 0.191 e. The molecule has 2 N–H and O–H groups in total. The molecule has 0 fully saturated rings. The van der Waals surface area contributed by atoms with Gasteiger partial charge in [0, 0.05) is 31.7 Å². The second kappa shape index (κ2) is 10.8. The van der Waals surface area contributed by atoms with Crippen LogP contribution in [0.15, 0.2) is 71.9 Å². The Morgan fingerprint density at radius 1 is 0.962 bits per heavy atom. The number of hydrogen-bond acceptors (Lipinski definition) is 2. The van der Waals surface area contributed by atoms with Crippen LogP contribution in [0.2, 0.25) is 0 Å². The third kappa shape index (κ3) is 5.69. The molecule has 26 heavy (non-hydrogen) atoms. The van der Waals surface area contributed by atoms with Crippen LogP contribution >= 0.6 is 24.0 Å². The van der Waals surface area contributed by atoms with E-state index in [4.69, 9.17) is 0 Å². The Morgan fingerprint density at radius 3 is 2.54 bits per heavy atom. The summed E-state index contributed by atoms with van der Waals surface area (Å²) in [6.45, 7) is 1.62. The molecule has 1 aromatic heterocycles. The number of nitrogens with zero attached hydrogens (tertiary/aromatic N) is 2. The molecule has 0 bridgehead atoms. The molecule has 0 unspecified atom stereocenters. The predicted octanol–water partition coefficient (Wildman–Crippen LogP) is 4.15. The third-order valence-corrected chi connectivity index (χ3v) is 4.19. The van der Waals surface area contributed by atoms with Crippen molar-refractivity contribution >= 4 is 40.8 Å². The zero-order valence-electron chi connectivity index (χ0n) is 15.0. The zero-order valence-corrected chi connectivity index (χ0v) is 17.3. The van der Waals surface area contributed by atoms with E-state index in [2.05, 4.69) is 63.1 Å². The summed E-state index contributed by atoms with van der Waals surface area (Å²) in [5.74, 6) is 0.828. The molecule has 136 valence electrons. The van der Waals surface area contributed by atoms with Gasteiger partial charge in [0.05, 0.1) is 5.52 Å². The van der Waals surface area contributed by atoms with Crippen molar-refractivity contribution in [3.05, 3.63) is 78.0 Å². The summed E-state index contributed by atoms with van der Waals surface area (Å²) < 4.78 is 0. The Hall–Kier alpha value is -2.15. The van der Waals surface area contributed by atoms with Gasteiger partial charge in [0.1, 0.15) is 0 Å². The second-order valence-corrected chi connectivity index (χ2v) is 5.93. The zero-order chi connectivity index (χ0) is 17.3. The summed E-state index contributed by atoms with van der Waals surface area (Å²) in [6, 6.07) is 20.8. The highest BCUT2D eigenvalue weighted by Crippen LogP contribution is 2.15. The van der Waals surface area contributed by atoms with Crippen molar-refractivity contribution in [2.75, 3.05) is 13.6 Å². The molecule has 0 saturated carbocycles. The van der Waals surface area contributed by atoms with Crippen LogP contribution in [-0.4, -0.2) is 24.5 Å². The number of nitrogens with one attached hydrogen (secondary N) is 2. The molecule has 3 aromatic rings. The van der Waals surface area contributed by atoms with Crippen LogP contribution in [-0.2, 0) is 13.0 Å². The van der Waals surface area contributed by atoms with Crippen LogP contribution in [0.3, 0.4) is 0 Å². The number of para-hydroxylation sites is 1. The van der Waals surface area contributed by atoms with Crippen molar-refractivity contribution in [3.8, 4) is 0 Å². The van der Waals surface area contributed by atoms with Gasteiger partial charge in [0.25, 0.3) is 0 Å². The van der Waals surface area contributed by atoms with Crippen LogP contribution in [0.25, 0.3) is 10.9 Å². The molecule has 0 amide bonds. The van der Waals surface area contributed by atoms with E-state index >= 15 is 0 Å². The Bertz CT molecular complexity index is 828. The lowest BCUT2D eigenvalue weighted by Crippen LogP contribution is -2.37. The highest BCUT2D eigenvalue weighted by atomic mass is 127. The maximum Gasteiger partial charge on any atom is 0.191 e. The number of rotatable bonds is 6. The quantitative estimate of drug-likeness (QED) is 0.252. The maximum atomic E-state index is 4.40. The summed E-state index contributed by atoms with van der Waals surface area (Å²) >= 11 is 0. The molecule has 0 aliphatic carbocycles. The number of aliphatic imine (C=N–C) groups is 1. The number of aryl methyl sites for hydroxylation is 1. The van der Waals surface area contributed by atoms with Crippen LogP contribution in [0.1, 0.15) is 17.5 Å². The highest BCUT2D eigenvalue weighted by Gasteiger charge is 2.03. The van der Waals surface area contributed by atoms with Crippen molar-refractivity contribution in [1.82, 2.24) is 15.6 Å². The number of aromatic nitrogens is 1. The molecule has 0 atom stereocenters. The van der Waals surface area contributed by atoms with Gasteiger partial charge in [-0.2, -0.15) is 0 Å². The predicted molar refractivity (Wildman–Crippen MR) is 120 cm³/mol.